The van der Waals surface area contributed by atoms with Crippen LogP contribution in [-0.4, -0.2) is 0 Å². The van der Waals surface area contributed by atoms with Crippen LogP contribution in [0.3, 0.4) is 0 Å². The maximum absolute atomic E-state index is 11.1. The van der Waals surface area contributed by atoms with E-state index in [0.29, 0.717) is 11.1 Å². The minimum absolute atomic E-state index is 0. The molecule has 0 aromatic heterocycles. The fourth-order valence-electron chi connectivity index (χ4n) is 0.846. The smallest absolute Gasteiger partial charge is 0.870 e. The third kappa shape index (κ3) is 2.34. The Labute approximate surface area is 93.5 Å². The van der Waals surface area contributed by atoms with Gasteiger partial charge in [0.1, 0.15) is 0 Å². The van der Waals surface area contributed by atoms with E-state index in [2.05, 4.69) is 0 Å². The van der Waals surface area contributed by atoms with Crippen LogP contribution in [0, 0.1) is 13.8 Å². The summed E-state index contributed by atoms with van der Waals surface area (Å²) < 4.78 is 0. The quantitative estimate of drug-likeness (QED) is 0.414. The van der Waals surface area contributed by atoms with E-state index in [-0.39, 0.29) is 29.6 Å². The van der Waals surface area contributed by atoms with E-state index in [1.54, 1.807) is 32.0 Å². The summed E-state index contributed by atoms with van der Waals surface area (Å²) in [6, 6.07) is 5.01. The number of hydrogen-bond acceptors (Lipinski definition) is 2. The first-order chi connectivity index (χ1) is 5.13. The summed E-state index contributed by atoms with van der Waals surface area (Å²) in [6.45, 7) is 3.28. The second kappa shape index (κ2) is 4.65. The molecule has 1 rings (SSSR count). The van der Waals surface area contributed by atoms with Gasteiger partial charge < -0.3 is 5.11 Å². The summed E-state index contributed by atoms with van der Waals surface area (Å²) >= 11 is 0. The fourth-order valence-corrected chi connectivity index (χ4v) is 0.846. The summed E-state index contributed by atoms with van der Waals surface area (Å²) in [5.41, 5.74) is 0.610. The number of hydrogen-bond donors (Lipinski definition) is 0. The summed E-state index contributed by atoms with van der Waals surface area (Å²) in [5.74, 6) is -0.396. The molecule has 1 aromatic carbocycles. The molecule has 0 unspecified atom stereocenters. The molecule has 12 heavy (non-hydrogen) atoms. The second-order valence-electron chi connectivity index (χ2n) is 2.55. The third-order valence-electron chi connectivity index (χ3n) is 1.61. The molecule has 0 heterocycles. The van der Waals surface area contributed by atoms with Gasteiger partial charge >= 0.3 is 29.6 Å². The predicted octanol–water partition coefficient (Wildman–Crippen LogP) is -2.26. The van der Waals surface area contributed by atoms with E-state index in [9.17, 15) is 9.90 Å². The van der Waals surface area contributed by atoms with Gasteiger partial charge in [-0.05, 0) is 19.4 Å². The van der Waals surface area contributed by atoms with Crippen molar-refractivity contribution >= 4 is 0 Å². The van der Waals surface area contributed by atoms with Gasteiger partial charge in [-0.1, -0.05) is 29.5 Å². The van der Waals surface area contributed by atoms with Gasteiger partial charge in [-0.25, -0.2) is 0 Å². The van der Waals surface area contributed by atoms with E-state index in [1.165, 1.54) is 0 Å². The zero-order valence-electron chi connectivity index (χ0n) is 7.55. The molecule has 1 aromatic rings. The zero-order valence-corrected chi connectivity index (χ0v) is 9.55. The van der Waals surface area contributed by atoms with E-state index in [0.717, 1.165) is 0 Å². The van der Waals surface area contributed by atoms with Crippen LogP contribution in [0.5, 0.6) is 5.75 Å². The Morgan fingerprint density at radius 1 is 1.17 bits per heavy atom. The van der Waals surface area contributed by atoms with Gasteiger partial charge in [-0.3, -0.25) is 4.79 Å². The van der Waals surface area contributed by atoms with Crippen LogP contribution < -0.4 is 40.1 Å². The average molecular weight is 172 g/mol. The minimum Gasteiger partial charge on any atom is -0.870 e. The van der Waals surface area contributed by atoms with Crippen molar-refractivity contribution in [1.29, 1.82) is 0 Å². The Bertz CT molecular complexity index is 334. The third-order valence-corrected chi connectivity index (χ3v) is 1.61. The molecular formula is C9H9NaO2. The zero-order chi connectivity index (χ0) is 8.43. The first-order valence-corrected chi connectivity index (χ1v) is 3.40. The van der Waals surface area contributed by atoms with Crippen LogP contribution in [0.15, 0.2) is 23.0 Å². The molecular weight excluding hydrogens is 163 g/mol. The Hall–Kier alpha value is -0.310. The molecule has 58 valence electrons. The molecule has 0 amide bonds. The standard InChI is InChI=1S/C9H10O2.Na/c1-6-4-3-5-7(2)9(11)8(6)10;/h3-5H,1-2H3,(H,10,11);/q;+1/p-1. The molecule has 0 aliphatic heterocycles. The van der Waals surface area contributed by atoms with Crippen LogP contribution in [0.2, 0.25) is 0 Å². The van der Waals surface area contributed by atoms with Gasteiger partial charge in [0, 0.05) is 0 Å². The van der Waals surface area contributed by atoms with Crippen molar-refractivity contribution in [1.82, 2.24) is 0 Å². The van der Waals surface area contributed by atoms with Gasteiger partial charge in [0.05, 0.1) is 0 Å². The predicted molar refractivity (Wildman–Crippen MR) is 41.6 cm³/mol. The monoisotopic (exact) mass is 172 g/mol. The molecule has 0 fully saturated rings. The normalized spacial score (nSPS) is 8.83. The van der Waals surface area contributed by atoms with E-state index < -0.39 is 11.2 Å². The van der Waals surface area contributed by atoms with E-state index in [1.807, 2.05) is 0 Å². The van der Waals surface area contributed by atoms with Crippen LogP contribution in [-0.2, 0) is 0 Å². The number of rotatable bonds is 0. The Morgan fingerprint density at radius 3 is 2.25 bits per heavy atom. The molecule has 0 bridgehead atoms. The minimum atomic E-state index is -0.396. The average Bonchev–Trinajstić information content (AvgIpc) is 2.07. The van der Waals surface area contributed by atoms with Gasteiger partial charge in [-0.15, -0.1) is 0 Å². The van der Waals surface area contributed by atoms with Crippen LogP contribution >= 0.6 is 0 Å². The van der Waals surface area contributed by atoms with Crippen molar-refractivity contribution in [2.75, 3.05) is 0 Å². The van der Waals surface area contributed by atoms with Gasteiger partial charge in [-0.2, -0.15) is 0 Å². The van der Waals surface area contributed by atoms with E-state index >= 15 is 0 Å². The Morgan fingerprint density at radius 2 is 1.67 bits per heavy atom. The molecule has 0 N–H and O–H groups in total. The van der Waals surface area contributed by atoms with Gasteiger partial charge in [0.2, 0.25) is 0 Å². The molecule has 0 aliphatic carbocycles. The summed E-state index contributed by atoms with van der Waals surface area (Å²) in [4.78, 5) is 11.1. The molecule has 3 heteroatoms. The second-order valence-corrected chi connectivity index (χ2v) is 2.55. The SMILES string of the molecule is Cc1cccc(C)c(=O)c1[O-].[Na+]. The summed E-state index contributed by atoms with van der Waals surface area (Å²) in [5, 5.41) is 11.1. The Balaban J connectivity index is 0.00000121. The van der Waals surface area contributed by atoms with Crippen molar-refractivity contribution in [3.63, 3.8) is 0 Å². The first kappa shape index (κ1) is 11.7. The van der Waals surface area contributed by atoms with Crippen LogP contribution in [0.1, 0.15) is 11.1 Å². The fraction of sp³-hybridized carbons (Fsp3) is 0.222. The van der Waals surface area contributed by atoms with Crippen molar-refractivity contribution in [2.24, 2.45) is 0 Å². The largest absolute Gasteiger partial charge is 1.00 e. The molecule has 0 atom stereocenters. The van der Waals surface area contributed by atoms with Gasteiger partial charge in [0.25, 0.3) is 0 Å². The molecule has 0 radical (unpaired) electrons. The molecule has 0 spiro atoms. The summed E-state index contributed by atoms with van der Waals surface area (Å²) in [7, 11) is 0. The molecule has 0 saturated heterocycles. The molecule has 0 aliphatic rings. The van der Waals surface area contributed by atoms with Gasteiger partial charge in [0.15, 0.2) is 5.43 Å². The van der Waals surface area contributed by atoms with Crippen LogP contribution in [0.25, 0.3) is 0 Å². The van der Waals surface area contributed by atoms with Crippen molar-refractivity contribution < 1.29 is 34.7 Å². The van der Waals surface area contributed by atoms with Crippen LogP contribution in [0.4, 0.5) is 0 Å². The van der Waals surface area contributed by atoms with Crippen molar-refractivity contribution in [2.45, 2.75) is 13.8 Å². The topological polar surface area (TPSA) is 40.1 Å². The number of aryl methyl sites for hydroxylation is 2. The van der Waals surface area contributed by atoms with Crippen molar-refractivity contribution in [3.05, 3.63) is 39.5 Å². The maximum atomic E-state index is 11.1. The summed E-state index contributed by atoms with van der Waals surface area (Å²) in [6.07, 6.45) is 0. The van der Waals surface area contributed by atoms with E-state index in [4.69, 9.17) is 0 Å². The molecule has 0 saturated carbocycles. The molecule has 2 nitrogen and oxygen atoms in total. The first-order valence-electron chi connectivity index (χ1n) is 3.40. The maximum Gasteiger partial charge on any atom is 1.00 e. The Kier molecular flexibility index (Phi) is 4.53. The van der Waals surface area contributed by atoms with Crippen molar-refractivity contribution in [3.8, 4) is 5.75 Å².